The molecule has 0 aliphatic heterocycles. The van der Waals surface area contributed by atoms with Gasteiger partial charge in [0.1, 0.15) is 5.69 Å². The summed E-state index contributed by atoms with van der Waals surface area (Å²) in [5.74, 6) is -2.75. The summed E-state index contributed by atoms with van der Waals surface area (Å²) in [4.78, 5) is 24.6. The number of nitrogens with two attached hydrogens (primary N) is 1. The monoisotopic (exact) mass is 475 g/mol. The molecule has 0 saturated heterocycles. The highest BCUT2D eigenvalue weighted by Crippen LogP contribution is 2.48. The number of nitriles is 1. The van der Waals surface area contributed by atoms with Gasteiger partial charge in [-0.2, -0.15) is 5.26 Å². The van der Waals surface area contributed by atoms with Crippen molar-refractivity contribution in [2.45, 2.75) is 32.6 Å². The smallest absolute Gasteiger partial charge is 0.334 e. The number of halogens is 2. The number of hydrogen-bond donors (Lipinski definition) is 2. The van der Waals surface area contributed by atoms with Gasteiger partial charge in [-0.05, 0) is 42.3 Å². The summed E-state index contributed by atoms with van der Waals surface area (Å²) in [6, 6.07) is 6.85. The van der Waals surface area contributed by atoms with Gasteiger partial charge in [0.2, 0.25) is 11.7 Å². The van der Waals surface area contributed by atoms with E-state index in [1.807, 2.05) is 0 Å². The van der Waals surface area contributed by atoms with E-state index in [0.29, 0.717) is 16.2 Å². The Morgan fingerprint density at radius 1 is 1.31 bits per heavy atom. The second-order valence-electron chi connectivity index (χ2n) is 7.01. The van der Waals surface area contributed by atoms with Gasteiger partial charge in [-0.3, -0.25) is 4.79 Å². The van der Waals surface area contributed by atoms with Crippen LogP contribution in [-0.2, 0) is 14.3 Å². The molecule has 11 heteroatoms. The van der Waals surface area contributed by atoms with Crippen molar-refractivity contribution in [2.24, 2.45) is 5.73 Å². The standard InChI is InChI=1S/C21H19Cl2N5O4/c1-4-31-21(30)15-9(2)16(19-20(26-10(3)29)28-32-27-19)18(25)13(8-24)17(15)12-6-5-11(22)7-14(12)23/h5-7,16-17H,4,25H2,1-3H3,(H,26,28,29). The first-order valence-electron chi connectivity index (χ1n) is 9.53. The van der Waals surface area contributed by atoms with E-state index < -0.39 is 23.7 Å². The van der Waals surface area contributed by atoms with E-state index in [-0.39, 0.29) is 40.0 Å². The van der Waals surface area contributed by atoms with Gasteiger partial charge in [-0.25, -0.2) is 9.42 Å². The third-order valence-electron chi connectivity index (χ3n) is 5.03. The topological polar surface area (TPSA) is 144 Å². The number of amides is 1. The second kappa shape index (κ2) is 9.42. The van der Waals surface area contributed by atoms with Crippen LogP contribution in [0.4, 0.5) is 5.82 Å². The predicted molar refractivity (Wildman–Crippen MR) is 117 cm³/mol. The lowest BCUT2D eigenvalue weighted by Gasteiger charge is -2.32. The third kappa shape index (κ3) is 4.20. The average molecular weight is 476 g/mol. The fraction of sp³-hybridized carbons (Fsp3) is 0.286. The first kappa shape index (κ1) is 23.3. The maximum atomic E-state index is 13.1. The molecule has 3 N–H and O–H groups in total. The van der Waals surface area contributed by atoms with E-state index in [9.17, 15) is 14.9 Å². The van der Waals surface area contributed by atoms with E-state index in [1.54, 1.807) is 26.0 Å². The summed E-state index contributed by atoms with van der Waals surface area (Å²) >= 11 is 12.5. The average Bonchev–Trinajstić information content (AvgIpc) is 3.15. The van der Waals surface area contributed by atoms with Crippen molar-refractivity contribution >= 4 is 40.9 Å². The number of aromatic nitrogens is 2. The molecule has 166 valence electrons. The van der Waals surface area contributed by atoms with Gasteiger partial charge in [0.15, 0.2) is 0 Å². The van der Waals surface area contributed by atoms with Crippen LogP contribution in [0, 0.1) is 11.3 Å². The molecule has 1 aromatic carbocycles. The summed E-state index contributed by atoms with van der Waals surface area (Å²) < 4.78 is 10.1. The highest BCUT2D eigenvalue weighted by Gasteiger charge is 2.42. The molecule has 0 spiro atoms. The number of benzene rings is 1. The molecule has 0 fully saturated rings. The van der Waals surface area contributed by atoms with Gasteiger partial charge in [-0.15, -0.1) is 0 Å². The highest BCUT2D eigenvalue weighted by atomic mass is 35.5. The molecule has 1 amide bonds. The van der Waals surface area contributed by atoms with Crippen LogP contribution >= 0.6 is 23.2 Å². The number of nitrogens with one attached hydrogen (secondary N) is 1. The van der Waals surface area contributed by atoms with E-state index >= 15 is 0 Å². The van der Waals surface area contributed by atoms with Gasteiger partial charge < -0.3 is 15.8 Å². The molecule has 1 aliphatic carbocycles. The number of hydrogen-bond acceptors (Lipinski definition) is 8. The summed E-state index contributed by atoms with van der Waals surface area (Å²) in [5.41, 5.74) is 7.92. The van der Waals surface area contributed by atoms with Crippen LogP contribution in [-0.4, -0.2) is 28.8 Å². The number of nitrogens with zero attached hydrogens (tertiary/aromatic N) is 3. The SMILES string of the molecule is CCOC(=O)C1=C(C)C(c2nonc2NC(C)=O)C(N)=C(C#N)C1c1ccc(Cl)cc1Cl. The molecule has 0 radical (unpaired) electrons. The molecule has 1 heterocycles. The zero-order valence-corrected chi connectivity index (χ0v) is 18.9. The third-order valence-corrected chi connectivity index (χ3v) is 5.59. The van der Waals surface area contributed by atoms with E-state index in [1.165, 1.54) is 13.0 Å². The normalized spacial score (nSPS) is 18.4. The molecule has 2 atom stereocenters. The lowest BCUT2D eigenvalue weighted by Crippen LogP contribution is -2.29. The van der Waals surface area contributed by atoms with Crippen molar-refractivity contribution in [3.63, 3.8) is 0 Å². The minimum Gasteiger partial charge on any atom is -0.463 e. The van der Waals surface area contributed by atoms with Crippen LogP contribution in [0.2, 0.25) is 10.0 Å². The number of allylic oxidation sites excluding steroid dienone is 2. The van der Waals surface area contributed by atoms with Gasteiger partial charge in [0.25, 0.3) is 0 Å². The summed E-state index contributed by atoms with van der Waals surface area (Å²) in [5, 5.41) is 20.8. The van der Waals surface area contributed by atoms with Crippen LogP contribution in [0.5, 0.6) is 0 Å². The first-order valence-corrected chi connectivity index (χ1v) is 10.3. The highest BCUT2D eigenvalue weighted by molar-refractivity contribution is 6.35. The number of esters is 1. The molecule has 32 heavy (non-hydrogen) atoms. The molecule has 1 aromatic heterocycles. The van der Waals surface area contributed by atoms with Gasteiger partial charge >= 0.3 is 5.97 Å². The Morgan fingerprint density at radius 2 is 2.03 bits per heavy atom. The van der Waals surface area contributed by atoms with E-state index in [2.05, 4.69) is 21.7 Å². The van der Waals surface area contributed by atoms with E-state index in [4.69, 9.17) is 38.3 Å². The fourth-order valence-corrected chi connectivity index (χ4v) is 4.25. The Hall–Kier alpha value is -3.35. The minimum absolute atomic E-state index is 0.0354. The number of ether oxygens (including phenoxy) is 1. The fourth-order valence-electron chi connectivity index (χ4n) is 3.74. The Labute approximate surface area is 193 Å². The molecule has 1 aliphatic rings. The second-order valence-corrected chi connectivity index (χ2v) is 7.85. The Morgan fingerprint density at radius 3 is 2.62 bits per heavy atom. The predicted octanol–water partition coefficient (Wildman–Crippen LogP) is 3.83. The number of carbonyl (C=O) groups is 2. The molecule has 9 nitrogen and oxygen atoms in total. The first-order chi connectivity index (χ1) is 15.2. The minimum atomic E-state index is -0.885. The lowest BCUT2D eigenvalue weighted by atomic mass is 9.72. The van der Waals surface area contributed by atoms with Crippen molar-refractivity contribution in [3.05, 3.63) is 61.9 Å². The molecule has 2 unspecified atom stereocenters. The van der Waals surface area contributed by atoms with Gasteiger partial charge in [0.05, 0.1) is 30.1 Å². The quantitative estimate of drug-likeness (QED) is 0.620. The van der Waals surface area contributed by atoms with Crippen LogP contribution in [0.1, 0.15) is 43.9 Å². The van der Waals surface area contributed by atoms with Crippen molar-refractivity contribution in [2.75, 3.05) is 11.9 Å². The molecular formula is C21H19Cl2N5O4. The van der Waals surface area contributed by atoms with Crippen molar-refractivity contribution in [1.29, 1.82) is 5.26 Å². The van der Waals surface area contributed by atoms with Crippen molar-refractivity contribution < 1.29 is 19.0 Å². The molecule has 0 bridgehead atoms. The van der Waals surface area contributed by atoms with Gasteiger partial charge in [0, 0.05) is 28.2 Å². The van der Waals surface area contributed by atoms with Crippen LogP contribution in [0.15, 0.2) is 45.2 Å². The molecule has 3 rings (SSSR count). The lowest BCUT2D eigenvalue weighted by molar-refractivity contribution is -0.138. The summed E-state index contributed by atoms with van der Waals surface area (Å²) in [6.07, 6.45) is 0. The maximum Gasteiger partial charge on any atom is 0.334 e. The van der Waals surface area contributed by atoms with E-state index in [0.717, 1.165) is 0 Å². The number of anilines is 1. The number of carbonyl (C=O) groups excluding carboxylic acids is 2. The van der Waals surface area contributed by atoms with Crippen molar-refractivity contribution in [3.8, 4) is 6.07 Å². The maximum absolute atomic E-state index is 13.1. The Balaban J connectivity index is 2.29. The number of rotatable bonds is 5. The zero-order chi connectivity index (χ0) is 23.6. The Bertz CT molecular complexity index is 1200. The zero-order valence-electron chi connectivity index (χ0n) is 17.4. The van der Waals surface area contributed by atoms with Crippen LogP contribution < -0.4 is 11.1 Å². The molecular weight excluding hydrogens is 457 g/mol. The molecule has 2 aromatic rings. The van der Waals surface area contributed by atoms with Crippen molar-refractivity contribution in [1.82, 2.24) is 10.3 Å². The van der Waals surface area contributed by atoms with Gasteiger partial charge in [-0.1, -0.05) is 34.4 Å². The summed E-state index contributed by atoms with van der Waals surface area (Å²) in [6.45, 7) is 4.75. The molecule has 0 saturated carbocycles. The van der Waals surface area contributed by atoms with Crippen LogP contribution in [0.25, 0.3) is 0 Å². The summed E-state index contributed by atoms with van der Waals surface area (Å²) in [7, 11) is 0. The largest absolute Gasteiger partial charge is 0.463 e. The Kier molecular flexibility index (Phi) is 6.87. The van der Waals surface area contributed by atoms with Crippen LogP contribution in [0.3, 0.4) is 0 Å².